The normalized spacial score (nSPS) is 16.3. The van der Waals surface area contributed by atoms with Crippen LogP contribution in [0.15, 0.2) is 54.7 Å². The number of cyclic esters (lactones) is 1. The van der Waals surface area contributed by atoms with E-state index in [9.17, 15) is 4.79 Å². The number of carbonyl (C=O) groups is 1. The molecule has 6 heteroatoms. The Hall–Kier alpha value is -3.54. The van der Waals surface area contributed by atoms with Crippen molar-refractivity contribution in [1.82, 2.24) is 4.98 Å². The van der Waals surface area contributed by atoms with E-state index < -0.39 is 5.60 Å². The third kappa shape index (κ3) is 4.54. The summed E-state index contributed by atoms with van der Waals surface area (Å²) in [5, 5.41) is 0. The average Bonchev–Trinajstić information content (AvgIpc) is 3.23. The van der Waals surface area contributed by atoms with E-state index in [1.165, 1.54) is 0 Å². The molecule has 0 N–H and O–H groups in total. The van der Waals surface area contributed by atoms with Gasteiger partial charge >= 0.3 is 5.97 Å². The monoisotopic (exact) mass is 501 g/mol. The van der Waals surface area contributed by atoms with Crippen LogP contribution >= 0.6 is 0 Å². The van der Waals surface area contributed by atoms with Crippen molar-refractivity contribution in [2.45, 2.75) is 53.6 Å². The third-order valence-corrected chi connectivity index (χ3v) is 7.36. The predicted molar refractivity (Wildman–Crippen MR) is 150 cm³/mol. The Morgan fingerprint density at radius 1 is 0.838 bits per heavy atom. The van der Waals surface area contributed by atoms with Crippen LogP contribution in [0.1, 0.15) is 74.3 Å². The highest BCUT2D eigenvalue weighted by Gasteiger charge is 2.52. The molecule has 1 aliphatic heterocycles. The third-order valence-electron chi connectivity index (χ3n) is 7.36. The number of esters is 1. The van der Waals surface area contributed by atoms with E-state index in [1.807, 2.05) is 13.0 Å². The minimum atomic E-state index is -1.20. The van der Waals surface area contributed by atoms with E-state index in [2.05, 4.69) is 74.8 Å². The molecule has 1 unspecified atom stereocenters. The molecule has 0 radical (unpaired) electrons. The summed E-state index contributed by atoms with van der Waals surface area (Å²) in [4.78, 5) is 22.7. The molecule has 0 saturated heterocycles. The number of ether oxygens (including phenoxy) is 2. The molecule has 4 rings (SSSR count). The second-order valence-electron chi connectivity index (χ2n) is 9.12. The topological polar surface area (TPSA) is 54.9 Å². The highest BCUT2D eigenvalue weighted by molar-refractivity contribution is 5.96. The largest absolute Gasteiger partial charge is 0.493 e. The van der Waals surface area contributed by atoms with Gasteiger partial charge in [0.05, 0.1) is 12.2 Å². The van der Waals surface area contributed by atoms with Crippen molar-refractivity contribution in [3.8, 4) is 5.75 Å². The van der Waals surface area contributed by atoms with Gasteiger partial charge in [-0.2, -0.15) is 0 Å². The number of pyridine rings is 1. The molecule has 0 spiro atoms. The number of nitrogens with zero attached hydrogens (tertiary/aromatic N) is 3. The van der Waals surface area contributed by atoms with Crippen LogP contribution in [0.25, 0.3) is 0 Å². The van der Waals surface area contributed by atoms with E-state index in [1.54, 1.807) is 18.3 Å². The number of fused-ring (bicyclic) bond motifs is 1. The molecule has 0 aliphatic carbocycles. The van der Waals surface area contributed by atoms with Gasteiger partial charge in [0, 0.05) is 60.9 Å². The van der Waals surface area contributed by atoms with Crippen molar-refractivity contribution in [2.75, 3.05) is 42.6 Å². The van der Waals surface area contributed by atoms with Gasteiger partial charge in [0.25, 0.3) is 0 Å². The smallest absolute Gasteiger partial charge is 0.341 e. The van der Waals surface area contributed by atoms with Gasteiger partial charge in [0.15, 0.2) is 0 Å². The molecule has 1 aliphatic rings. The van der Waals surface area contributed by atoms with E-state index >= 15 is 0 Å². The van der Waals surface area contributed by atoms with Crippen LogP contribution in [-0.2, 0) is 16.8 Å². The first-order valence-corrected chi connectivity index (χ1v) is 13.6. The standard InChI is InChI=1S/C31H39N3O3/c1-7-22-20-23(33(8-2)9-3)15-17-26(22)31(29-25(30(35)37-31)14-13-19-32-29)27-18-16-24(34(10-4)11-5)21-28(27)36-12-6/h13-21H,7-12H2,1-6H3. The molecule has 2 aromatic carbocycles. The number of anilines is 2. The second kappa shape index (κ2) is 11.2. The quantitative estimate of drug-likeness (QED) is 0.292. The van der Waals surface area contributed by atoms with Gasteiger partial charge in [-0.1, -0.05) is 13.0 Å². The van der Waals surface area contributed by atoms with Gasteiger partial charge in [-0.3, -0.25) is 4.98 Å². The zero-order valence-corrected chi connectivity index (χ0v) is 23.0. The molecule has 0 fully saturated rings. The summed E-state index contributed by atoms with van der Waals surface area (Å²) in [5.41, 5.74) is 4.97. The Bertz CT molecular complexity index is 1250. The van der Waals surface area contributed by atoms with E-state index in [-0.39, 0.29) is 5.97 Å². The maximum Gasteiger partial charge on any atom is 0.341 e. The van der Waals surface area contributed by atoms with Gasteiger partial charge in [0.1, 0.15) is 11.4 Å². The van der Waals surface area contributed by atoms with Crippen molar-refractivity contribution < 1.29 is 14.3 Å². The van der Waals surface area contributed by atoms with Crippen LogP contribution in [-0.4, -0.2) is 43.7 Å². The Morgan fingerprint density at radius 3 is 2.05 bits per heavy atom. The van der Waals surface area contributed by atoms with Crippen molar-refractivity contribution in [3.63, 3.8) is 0 Å². The molecular formula is C31H39N3O3. The number of carbonyl (C=O) groups excluding carboxylic acids is 1. The molecule has 37 heavy (non-hydrogen) atoms. The van der Waals surface area contributed by atoms with Crippen LogP contribution in [0.4, 0.5) is 11.4 Å². The molecule has 0 bridgehead atoms. The zero-order chi connectivity index (χ0) is 26.6. The number of rotatable bonds is 11. The predicted octanol–water partition coefficient (Wildman–Crippen LogP) is 6.20. The molecule has 1 aromatic heterocycles. The number of hydrogen-bond acceptors (Lipinski definition) is 6. The summed E-state index contributed by atoms with van der Waals surface area (Å²) in [6.07, 6.45) is 2.52. The van der Waals surface area contributed by atoms with Gasteiger partial charge in [0.2, 0.25) is 5.60 Å². The van der Waals surface area contributed by atoms with E-state index in [4.69, 9.17) is 14.5 Å². The second-order valence-corrected chi connectivity index (χ2v) is 9.12. The van der Waals surface area contributed by atoms with Crippen LogP contribution in [0, 0.1) is 0 Å². The lowest BCUT2D eigenvalue weighted by Crippen LogP contribution is -2.33. The zero-order valence-electron chi connectivity index (χ0n) is 23.0. The average molecular weight is 502 g/mol. The van der Waals surface area contributed by atoms with Crippen molar-refractivity contribution in [2.24, 2.45) is 0 Å². The van der Waals surface area contributed by atoms with Crippen LogP contribution in [0.5, 0.6) is 5.75 Å². The summed E-state index contributed by atoms with van der Waals surface area (Å²) in [7, 11) is 0. The number of benzene rings is 2. The Morgan fingerprint density at radius 2 is 1.46 bits per heavy atom. The molecule has 0 saturated carbocycles. The number of aryl methyl sites for hydroxylation is 1. The van der Waals surface area contributed by atoms with Crippen molar-refractivity contribution >= 4 is 17.3 Å². The lowest BCUT2D eigenvalue weighted by Gasteiger charge is -2.34. The van der Waals surface area contributed by atoms with Gasteiger partial charge in [-0.15, -0.1) is 0 Å². The van der Waals surface area contributed by atoms with Crippen LogP contribution in [0.2, 0.25) is 0 Å². The van der Waals surface area contributed by atoms with Crippen LogP contribution in [0.3, 0.4) is 0 Å². The van der Waals surface area contributed by atoms with Crippen molar-refractivity contribution in [1.29, 1.82) is 0 Å². The van der Waals surface area contributed by atoms with Gasteiger partial charge < -0.3 is 19.3 Å². The minimum absolute atomic E-state index is 0.367. The molecule has 2 heterocycles. The Labute approximate surface area is 221 Å². The fraction of sp³-hybridized carbons (Fsp3) is 0.419. The van der Waals surface area contributed by atoms with Crippen LogP contribution < -0.4 is 14.5 Å². The SMILES string of the molecule is CCOc1cc(N(CC)CC)ccc1C1(c2ccc(N(CC)CC)cc2CC)OC(=O)c2cccnc21. The van der Waals surface area contributed by atoms with Gasteiger partial charge in [-0.05, 0) is 83.0 Å². The Balaban J connectivity index is 2.03. The maximum absolute atomic E-state index is 13.3. The molecule has 1 atom stereocenters. The first-order chi connectivity index (χ1) is 18.0. The number of aromatic nitrogens is 1. The summed E-state index contributed by atoms with van der Waals surface area (Å²) in [6, 6.07) is 16.3. The summed E-state index contributed by atoms with van der Waals surface area (Å²) >= 11 is 0. The van der Waals surface area contributed by atoms with E-state index in [0.717, 1.165) is 60.7 Å². The molecular weight excluding hydrogens is 462 g/mol. The molecule has 3 aromatic rings. The lowest BCUT2D eigenvalue weighted by atomic mass is 9.79. The minimum Gasteiger partial charge on any atom is -0.493 e. The Kier molecular flexibility index (Phi) is 8.06. The lowest BCUT2D eigenvalue weighted by molar-refractivity contribution is 0.0233. The number of hydrogen-bond donors (Lipinski definition) is 0. The summed E-state index contributed by atoms with van der Waals surface area (Å²) in [6.45, 7) is 16.8. The first kappa shape index (κ1) is 26.5. The fourth-order valence-corrected chi connectivity index (χ4v) is 5.47. The summed E-state index contributed by atoms with van der Waals surface area (Å²) in [5.74, 6) is 0.335. The molecule has 6 nitrogen and oxygen atoms in total. The molecule has 0 amide bonds. The maximum atomic E-state index is 13.3. The summed E-state index contributed by atoms with van der Waals surface area (Å²) < 4.78 is 12.7. The first-order valence-electron chi connectivity index (χ1n) is 13.6. The van der Waals surface area contributed by atoms with Crippen molar-refractivity contribution in [3.05, 3.63) is 82.7 Å². The van der Waals surface area contributed by atoms with Gasteiger partial charge in [-0.25, -0.2) is 4.79 Å². The van der Waals surface area contributed by atoms with E-state index in [0.29, 0.717) is 23.6 Å². The highest BCUT2D eigenvalue weighted by Crippen LogP contribution is 2.51. The fourth-order valence-electron chi connectivity index (χ4n) is 5.47. The highest BCUT2D eigenvalue weighted by atomic mass is 16.6. The molecule has 196 valence electrons.